The second kappa shape index (κ2) is 3.83. The zero-order valence-corrected chi connectivity index (χ0v) is 10.3. The molecule has 0 fully saturated rings. The Bertz CT molecular complexity index is 537. The molecule has 5 heteroatoms. The number of aromatic amines is 1. The number of H-pyrrole nitrogens is 1. The van der Waals surface area contributed by atoms with Gasteiger partial charge in [-0.05, 0) is 0 Å². The first kappa shape index (κ1) is 11.0. The minimum atomic E-state index is -0.139. The van der Waals surface area contributed by atoms with Gasteiger partial charge in [0, 0.05) is 23.1 Å². The van der Waals surface area contributed by atoms with Gasteiger partial charge in [-0.1, -0.05) is 20.8 Å². The molecule has 2 heterocycles. The van der Waals surface area contributed by atoms with Crippen LogP contribution in [0.5, 0.6) is 0 Å². The number of hydrogen-bond donors (Lipinski definition) is 1. The van der Waals surface area contributed by atoms with Crippen LogP contribution in [0.3, 0.4) is 0 Å². The van der Waals surface area contributed by atoms with Crippen LogP contribution in [0.1, 0.15) is 26.5 Å². The standard InChI is InChI=1S/C11H13N3OS/c1-11(2,3)7-6-8(15)14-9(13-7)10-12-4-5-16-10/h4-6H,1-3H3,(H,13,14,15). The molecule has 4 nitrogen and oxygen atoms in total. The van der Waals surface area contributed by atoms with Crippen molar-refractivity contribution in [3.63, 3.8) is 0 Å². The van der Waals surface area contributed by atoms with Crippen LogP contribution in [0.4, 0.5) is 0 Å². The summed E-state index contributed by atoms with van der Waals surface area (Å²) >= 11 is 1.46. The molecular weight excluding hydrogens is 222 g/mol. The molecule has 0 amide bonds. The van der Waals surface area contributed by atoms with Gasteiger partial charge in [-0.2, -0.15) is 0 Å². The molecule has 2 rings (SSSR count). The number of thiazole rings is 1. The minimum absolute atomic E-state index is 0.134. The van der Waals surface area contributed by atoms with Gasteiger partial charge in [-0.25, -0.2) is 9.97 Å². The Morgan fingerprint density at radius 1 is 1.38 bits per heavy atom. The summed E-state index contributed by atoms with van der Waals surface area (Å²) in [7, 11) is 0. The van der Waals surface area contributed by atoms with Crippen LogP contribution in [0.15, 0.2) is 22.4 Å². The summed E-state index contributed by atoms with van der Waals surface area (Å²) in [5.74, 6) is 0.549. The smallest absolute Gasteiger partial charge is 0.251 e. The van der Waals surface area contributed by atoms with E-state index >= 15 is 0 Å². The van der Waals surface area contributed by atoms with E-state index in [1.54, 1.807) is 6.20 Å². The van der Waals surface area contributed by atoms with E-state index in [2.05, 4.69) is 15.0 Å². The summed E-state index contributed by atoms with van der Waals surface area (Å²) < 4.78 is 0. The Labute approximate surface area is 97.4 Å². The fourth-order valence-electron chi connectivity index (χ4n) is 1.28. The van der Waals surface area contributed by atoms with Crippen molar-refractivity contribution >= 4 is 11.3 Å². The van der Waals surface area contributed by atoms with Crippen molar-refractivity contribution in [3.05, 3.63) is 33.7 Å². The van der Waals surface area contributed by atoms with Crippen LogP contribution in [-0.2, 0) is 5.41 Å². The normalized spacial score (nSPS) is 11.7. The molecule has 0 aliphatic heterocycles. The van der Waals surface area contributed by atoms with Gasteiger partial charge in [-0.15, -0.1) is 11.3 Å². The van der Waals surface area contributed by atoms with E-state index in [1.807, 2.05) is 26.2 Å². The molecule has 2 aromatic rings. The molecule has 0 aliphatic carbocycles. The van der Waals surface area contributed by atoms with E-state index in [9.17, 15) is 4.79 Å². The summed E-state index contributed by atoms with van der Waals surface area (Å²) in [6.07, 6.45) is 1.70. The third-order valence-electron chi connectivity index (χ3n) is 2.14. The number of nitrogens with one attached hydrogen (secondary N) is 1. The summed E-state index contributed by atoms with van der Waals surface area (Å²) in [5.41, 5.74) is 0.506. The van der Waals surface area contributed by atoms with Crippen LogP contribution in [-0.4, -0.2) is 15.0 Å². The molecule has 16 heavy (non-hydrogen) atoms. The highest BCUT2D eigenvalue weighted by atomic mass is 32.1. The zero-order valence-electron chi connectivity index (χ0n) is 9.44. The van der Waals surface area contributed by atoms with Crippen LogP contribution in [0, 0.1) is 0 Å². The average Bonchev–Trinajstić information content (AvgIpc) is 2.68. The van der Waals surface area contributed by atoms with Crippen LogP contribution >= 0.6 is 11.3 Å². The quantitative estimate of drug-likeness (QED) is 0.824. The molecule has 0 atom stereocenters. The molecule has 1 N–H and O–H groups in total. The summed E-state index contributed by atoms with van der Waals surface area (Å²) in [6.45, 7) is 6.08. The summed E-state index contributed by atoms with van der Waals surface area (Å²) in [5, 5.41) is 2.60. The molecule has 0 unspecified atom stereocenters. The molecule has 0 saturated carbocycles. The van der Waals surface area contributed by atoms with Crippen molar-refractivity contribution in [2.45, 2.75) is 26.2 Å². The highest BCUT2D eigenvalue weighted by Gasteiger charge is 2.17. The maximum absolute atomic E-state index is 11.5. The van der Waals surface area contributed by atoms with Gasteiger partial charge < -0.3 is 4.98 Å². The maximum Gasteiger partial charge on any atom is 0.251 e. The van der Waals surface area contributed by atoms with Crippen LogP contribution in [0.25, 0.3) is 10.8 Å². The maximum atomic E-state index is 11.5. The molecule has 0 aliphatic rings. The molecule has 0 saturated heterocycles. The lowest BCUT2D eigenvalue weighted by molar-refractivity contribution is 0.566. The van der Waals surface area contributed by atoms with Crippen molar-refractivity contribution in [1.29, 1.82) is 0 Å². The fourth-order valence-corrected chi connectivity index (χ4v) is 1.86. The zero-order chi connectivity index (χ0) is 11.8. The Morgan fingerprint density at radius 2 is 2.12 bits per heavy atom. The highest BCUT2D eigenvalue weighted by Crippen LogP contribution is 2.22. The van der Waals surface area contributed by atoms with E-state index in [0.29, 0.717) is 5.82 Å². The van der Waals surface area contributed by atoms with Crippen LogP contribution in [0.2, 0.25) is 0 Å². The summed E-state index contributed by atoms with van der Waals surface area (Å²) in [6, 6.07) is 1.54. The Balaban J connectivity index is 2.57. The van der Waals surface area contributed by atoms with Gasteiger partial charge >= 0.3 is 0 Å². The average molecular weight is 235 g/mol. The molecule has 0 aromatic carbocycles. The molecular formula is C11H13N3OS. The van der Waals surface area contributed by atoms with Gasteiger partial charge in [0.15, 0.2) is 10.8 Å². The number of rotatable bonds is 1. The topological polar surface area (TPSA) is 58.6 Å². The molecule has 84 valence electrons. The van der Waals surface area contributed by atoms with Crippen molar-refractivity contribution in [2.24, 2.45) is 0 Å². The van der Waals surface area contributed by atoms with E-state index in [1.165, 1.54) is 17.4 Å². The molecule has 0 bridgehead atoms. The van der Waals surface area contributed by atoms with E-state index in [0.717, 1.165) is 10.7 Å². The van der Waals surface area contributed by atoms with Gasteiger partial charge in [0.1, 0.15) is 0 Å². The number of hydrogen-bond acceptors (Lipinski definition) is 4. The lowest BCUT2D eigenvalue weighted by Crippen LogP contribution is -2.19. The van der Waals surface area contributed by atoms with Crippen molar-refractivity contribution in [3.8, 4) is 10.8 Å². The number of aromatic nitrogens is 3. The van der Waals surface area contributed by atoms with Crippen molar-refractivity contribution in [1.82, 2.24) is 15.0 Å². The van der Waals surface area contributed by atoms with Crippen LogP contribution < -0.4 is 5.56 Å². The number of nitrogens with zero attached hydrogens (tertiary/aromatic N) is 2. The monoisotopic (exact) mass is 235 g/mol. The predicted octanol–water partition coefficient (Wildman–Crippen LogP) is 2.19. The third kappa shape index (κ3) is 2.19. The lowest BCUT2D eigenvalue weighted by Gasteiger charge is -2.17. The van der Waals surface area contributed by atoms with Gasteiger partial charge in [0.2, 0.25) is 0 Å². The first-order valence-corrected chi connectivity index (χ1v) is 5.86. The minimum Gasteiger partial charge on any atom is -0.304 e. The largest absolute Gasteiger partial charge is 0.304 e. The molecule has 2 aromatic heterocycles. The Morgan fingerprint density at radius 3 is 2.69 bits per heavy atom. The first-order valence-electron chi connectivity index (χ1n) is 4.98. The second-order valence-electron chi connectivity index (χ2n) is 4.57. The Hall–Kier alpha value is -1.49. The van der Waals surface area contributed by atoms with E-state index in [-0.39, 0.29) is 11.0 Å². The SMILES string of the molecule is CC(C)(C)c1cc(=O)[nH]c(-c2nccs2)n1. The van der Waals surface area contributed by atoms with Crippen molar-refractivity contribution < 1.29 is 0 Å². The lowest BCUT2D eigenvalue weighted by atomic mass is 9.92. The van der Waals surface area contributed by atoms with E-state index < -0.39 is 0 Å². The van der Waals surface area contributed by atoms with Gasteiger partial charge in [0.05, 0.1) is 5.69 Å². The Kier molecular flexibility index (Phi) is 2.63. The first-order chi connectivity index (χ1) is 7.47. The molecule has 0 spiro atoms. The summed E-state index contributed by atoms with van der Waals surface area (Å²) in [4.78, 5) is 22.8. The fraction of sp³-hybridized carbons (Fsp3) is 0.364. The highest BCUT2D eigenvalue weighted by molar-refractivity contribution is 7.12. The second-order valence-corrected chi connectivity index (χ2v) is 5.46. The third-order valence-corrected chi connectivity index (χ3v) is 2.92. The predicted molar refractivity (Wildman–Crippen MR) is 64.7 cm³/mol. The van der Waals surface area contributed by atoms with Gasteiger partial charge in [0.25, 0.3) is 5.56 Å². The van der Waals surface area contributed by atoms with E-state index in [4.69, 9.17) is 0 Å². The molecule has 0 radical (unpaired) electrons. The van der Waals surface area contributed by atoms with Gasteiger partial charge in [-0.3, -0.25) is 4.79 Å². The van der Waals surface area contributed by atoms with Crippen molar-refractivity contribution in [2.75, 3.05) is 0 Å².